The third-order valence-corrected chi connectivity index (χ3v) is 3.83. The molecule has 0 radical (unpaired) electrons. The summed E-state index contributed by atoms with van der Waals surface area (Å²) in [6.07, 6.45) is 1.93. The van der Waals surface area contributed by atoms with Crippen LogP contribution in [0, 0.1) is 0 Å². The quantitative estimate of drug-likeness (QED) is 0.878. The maximum Gasteiger partial charge on any atom is 0.0138 e. The van der Waals surface area contributed by atoms with Gasteiger partial charge in [-0.1, -0.05) is 54.6 Å². The van der Waals surface area contributed by atoms with Crippen LogP contribution in [0.2, 0.25) is 0 Å². The van der Waals surface area contributed by atoms with E-state index in [-0.39, 0.29) is 5.54 Å². The standard InChI is InChI=1S/C19H21N/c1-19(2,20)13-18-16-11-7-6-10-15(16)12-17(18)14-8-4-3-5-9-14/h3-11H,12-13,20H2,1-2H3. The van der Waals surface area contributed by atoms with Crippen LogP contribution in [0.3, 0.4) is 0 Å². The van der Waals surface area contributed by atoms with E-state index in [9.17, 15) is 0 Å². The van der Waals surface area contributed by atoms with E-state index in [1.165, 1.54) is 27.8 Å². The van der Waals surface area contributed by atoms with E-state index in [0.29, 0.717) is 0 Å². The highest BCUT2D eigenvalue weighted by Gasteiger charge is 2.25. The van der Waals surface area contributed by atoms with Crippen molar-refractivity contribution >= 4 is 11.1 Å². The molecule has 20 heavy (non-hydrogen) atoms. The summed E-state index contributed by atoms with van der Waals surface area (Å²) in [7, 11) is 0. The Labute approximate surface area is 121 Å². The van der Waals surface area contributed by atoms with Gasteiger partial charge in [-0.05, 0) is 54.5 Å². The fourth-order valence-electron chi connectivity index (χ4n) is 3.00. The molecule has 1 aliphatic carbocycles. The first kappa shape index (κ1) is 13.1. The first-order valence-electron chi connectivity index (χ1n) is 7.19. The number of hydrogen-bond donors (Lipinski definition) is 1. The predicted octanol–water partition coefficient (Wildman–Crippen LogP) is 4.28. The summed E-state index contributed by atoms with van der Waals surface area (Å²) in [4.78, 5) is 0. The molecular weight excluding hydrogens is 242 g/mol. The normalized spacial score (nSPS) is 14.6. The fourth-order valence-corrected chi connectivity index (χ4v) is 3.00. The lowest BCUT2D eigenvalue weighted by atomic mass is 9.89. The van der Waals surface area contributed by atoms with Crippen molar-refractivity contribution in [2.24, 2.45) is 5.73 Å². The highest BCUT2D eigenvalue weighted by molar-refractivity contribution is 5.97. The van der Waals surface area contributed by atoms with Crippen molar-refractivity contribution in [3.8, 4) is 0 Å². The molecular formula is C19H21N. The molecule has 2 aromatic rings. The van der Waals surface area contributed by atoms with E-state index in [2.05, 4.69) is 68.4 Å². The van der Waals surface area contributed by atoms with Crippen LogP contribution in [-0.4, -0.2) is 5.54 Å². The van der Waals surface area contributed by atoms with Gasteiger partial charge in [-0.25, -0.2) is 0 Å². The fraction of sp³-hybridized carbons (Fsp3) is 0.263. The van der Waals surface area contributed by atoms with E-state index in [1.807, 2.05) is 0 Å². The van der Waals surface area contributed by atoms with Crippen LogP contribution in [0.15, 0.2) is 54.6 Å². The molecule has 0 saturated heterocycles. The lowest BCUT2D eigenvalue weighted by Crippen LogP contribution is -2.31. The van der Waals surface area contributed by atoms with Crippen molar-refractivity contribution in [3.63, 3.8) is 0 Å². The number of allylic oxidation sites excluding steroid dienone is 1. The van der Waals surface area contributed by atoms with E-state index in [4.69, 9.17) is 5.73 Å². The van der Waals surface area contributed by atoms with Gasteiger partial charge in [-0.3, -0.25) is 0 Å². The van der Waals surface area contributed by atoms with Crippen molar-refractivity contribution in [1.82, 2.24) is 0 Å². The number of hydrogen-bond acceptors (Lipinski definition) is 1. The Bertz CT molecular complexity index is 645. The first-order valence-corrected chi connectivity index (χ1v) is 7.19. The third kappa shape index (κ3) is 2.54. The summed E-state index contributed by atoms with van der Waals surface area (Å²) >= 11 is 0. The minimum absolute atomic E-state index is 0.188. The number of benzene rings is 2. The number of fused-ring (bicyclic) bond motifs is 1. The first-order chi connectivity index (χ1) is 9.54. The Morgan fingerprint density at radius 1 is 0.950 bits per heavy atom. The van der Waals surface area contributed by atoms with Gasteiger partial charge in [0.1, 0.15) is 0 Å². The highest BCUT2D eigenvalue weighted by Crippen LogP contribution is 2.41. The van der Waals surface area contributed by atoms with Gasteiger partial charge in [0.05, 0.1) is 0 Å². The van der Waals surface area contributed by atoms with Crippen LogP contribution < -0.4 is 5.73 Å². The Kier molecular flexibility index (Phi) is 3.23. The summed E-state index contributed by atoms with van der Waals surface area (Å²) in [5, 5.41) is 0. The zero-order valence-corrected chi connectivity index (χ0v) is 12.2. The van der Waals surface area contributed by atoms with E-state index in [1.54, 1.807) is 0 Å². The molecule has 2 aromatic carbocycles. The second-order valence-electron chi connectivity index (χ2n) is 6.32. The lowest BCUT2D eigenvalue weighted by Gasteiger charge is -2.21. The van der Waals surface area contributed by atoms with Gasteiger partial charge in [0.15, 0.2) is 0 Å². The molecule has 1 nitrogen and oxygen atoms in total. The molecule has 0 saturated carbocycles. The van der Waals surface area contributed by atoms with Crippen molar-refractivity contribution in [2.75, 3.05) is 0 Å². The summed E-state index contributed by atoms with van der Waals surface area (Å²) < 4.78 is 0. The monoisotopic (exact) mass is 263 g/mol. The maximum atomic E-state index is 6.28. The van der Waals surface area contributed by atoms with Crippen molar-refractivity contribution in [3.05, 3.63) is 71.3 Å². The molecule has 0 unspecified atom stereocenters. The minimum Gasteiger partial charge on any atom is -0.325 e. The molecule has 0 amide bonds. The third-order valence-electron chi connectivity index (χ3n) is 3.83. The molecule has 0 spiro atoms. The Hall–Kier alpha value is -1.86. The number of rotatable bonds is 3. The molecule has 2 N–H and O–H groups in total. The van der Waals surface area contributed by atoms with Crippen LogP contribution in [-0.2, 0) is 6.42 Å². The predicted molar refractivity (Wildman–Crippen MR) is 86.3 cm³/mol. The van der Waals surface area contributed by atoms with E-state index < -0.39 is 0 Å². The molecule has 102 valence electrons. The van der Waals surface area contributed by atoms with Crippen LogP contribution in [0.1, 0.15) is 37.0 Å². The topological polar surface area (TPSA) is 26.0 Å². The molecule has 0 bridgehead atoms. The van der Waals surface area contributed by atoms with Gasteiger partial charge in [0.25, 0.3) is 0 Å². The van der Waals surface area contributed by atoms with Crippen molar-refractivity contribution in [1.29, 1.82) is 0 Å². The van der Waals surface area contributed by atoms with E-state index in [0.717, 1.165) is 12.8 Å². The molecule has 1 heteroatoms. The van der Waals surface area contributed by atoms with Crippen LogP contribution in [0.4, 0.5) is 0 Å². The smallest absolute Gasteiger partial charge is 0.0138 e. The van der Waals surface area contributed by atoms with Crippen LogP contribution in [0.5, 0.6) is 0 Å². The minimum atomic E-state index is -0.188. The average Bonchev–Trinajstić information content (AvgIpc) is 2.77. The summed E-state index contributed by atoms with van der Waals surface area (Å²) in [5.74, 6) is 0. The Balaban J connectivity index is 2.11. The molecule has 3 rings (SSSR count). The summed E-state index contributed by atoms with van der Waals surface area (Å²) in [6, 6.07) is 19.4. The Morgan fingerprint density at radius 3 is 2.30 bits per heavy atom. The molecule has 0 fully saturated rings. The SMILES string of the molecule is CC(C)(N)CC1=C(c2ccccc2)Cc2ccccc21. The zero-order chi connectivity index (χ0) is 14.2. The van der Waals surface area contributed by atoms with Gasteiger partial charge >= 0.3 is 0 Å². The lowest BCUT2D eigenvalue weighted by molar-refractivity contribution is 0.535. The molecule has 0 heterocycles. The van der Waals surface area contributed by atoms with Crippen LogP contribution in [0.25, 0.3) is 11.1 Å². The van der Waals surface area contributed by atoms with Gasteiger partial charge in [0, 0.05) is 5.54 Å². The summed E-state index contributed by atoms with van der Waals surface area (Å²) in [6.45, 7) is 4.20. The van der Waals surface area contributed by atoms with Gasteiger partial charge in [0.2, 0.25) is 0 Å². The molecule has 0 aromatic heterocycles. The van der Waals surface area contributed by atoms with E-state index >= 15 is 0 Å². The highest BCUT2D eigenvalue weighted by atomic mass is 14.7. The second-order valence-corrected chi connectivity index (χ2v) is 6.32. The molecule has 0 aliphatic heterocycles. The van der Waals surface area contributed by atoms with Gasteiger partial charge < -0.3 is 5.73 Å². The summed E-state index contributed by atoms with van der Waals surface area (Å²) in [5.41, 5.74) is 13.1. The van der Waals surface area contributed by atoms with Crippen molar-refractivity contribution < 1.29 is 0 Å². The van der Waals surface area contributed by atoms with Crippen molar-refractivity contribution in [2.45, 2.75) is 32.2 Å². The Morgan fingerprint density at radius 2 is 1.60 bits per heavy atom. The molecule has 1 aliphatic rings. The maximum absolute atomic E-state index is 6.28. The van der Waals surface area contributed by atoms with Gasteiger partial charge in [-0.15, -0.1) is 0 Å². The molecule has 0 atom stereocenters. The largest absolute Gasteiger partial charge is 0.325 e. The number of nitrogens with two attached hydrogens (primary N) is 1. The zero-order valence-electron chi connectivity index (χ0n) is 12.2. The average molecular weight is 263 g/mol. The second kappa shape index (κ2) is 4.92. The van der Waals surface area contributed by atoms with Gasteiger partial charge in [-0.2, -0.15) is 0 Å². The van der Waals surface area contributed by atoms with Crippen LogP contribution >= 0.6 is 0 Å².